The normalized spacial score (nSPS) is 15.3. The number of likely N-dealkylation sites (N-methyl/N-ethyl adjacent to an activating group) is 1. The zero-order valence-corrected chi connectivity index (χ0v) is 19.6. The molecule has 1 aromatic carbocycles. The van der Waals surface area contributed by atoms with E-state index in [0.29, 0.717) is 22.8 Å². The number of fused-ring (bicyclic) bond motifs is 1. The van der Waals surface area contributed by atoms with E-state index < -0.39 is 11.6 Å². The van der Waals surface area contributed by atoms with E-state index in [1.807, 2.05) is 35.3 Å². The Labute approximate surface area is 196 Å². The Bertz CT molecular complexity index is 1320. The Morgan fingerprint density at radius 3 is 2.53 bits per heavy atom. The SMILES string of the molecule is Cc1nn2c(CN3CCN(C)CC3)cc(Nc3cn(C)cn3)nc2c1Cc1ccc(F)cc1F. The lowest BCUT2D eigenvalue weighted by molar-refractivity contribution is 0.146. The molecule has 0 saturated carbocycles. The number of halogens is 2. The van der Waals surface area contributed by atoms with E-state index in [1.165, 1.54) is 12.1 Å². The van der Waals surface area contributed by atoms with Crippen molar-refractivity contribution in [3.8, 4) is 0 Å². The van der Waals surface area contributed by atoms with E-state index in [-0.39, 0.29) is 6.42 Å². The van der Waals surface area contributed by atoms with Gasteiger partial charge in [-0.05, 0) is 25.6 Å². The van der Waals surface area contributed by atoms with Gasteiger partial charge in [-0.25, -0.2) is 23.3 Å². The average Bonchev–Trinajstić information content (AvgIpc) is 3.34. The number of piperazine rings is 1. The van der Waals surface area contributed by atoms with E-state index in [1.54, 1.807) is 6.33 Å². The minimum atomic E-state index is -0.590. The van der Waals surface area contributed by atoms with Crippen LogP contribution < -0.4 is 5.32 Å². The maximum Gasteiger partial charge on any atom is 0.161 e. The van der Waals surface area contributed by atoms with Gasteiger partial charge >= 0.3 is 0 Å². The fourth-order valence-electron chi connectivity index (χ4n) is 4.31. The van der Waals surface area contributed by atoms with Gasteiger partial charge in [0.2, 0.25) is 0 Å². The molecule has 1 aliphatic heterocycles. The molecule has 1 fully saturated rings. The predicted octanol–water partition coefficient (Wildman–Crippen LogP) is 3.13. The number of rotatable bonds is 6. The van der Waals surface area contributed by atoms with Gasteiger partial charge in [-0.3, -0.25) is 4.90 Å². The van der Waals surface area contributed by atoms with Crippen molar-refractivity contribution in [2.24, 2.45) is 7.05 Å². The monoisotopic (exact) mass is 466 g/mol. The van der Waals surface area contributed by atoms with Crippen LogP contribution in [-0.2, 0) is 20.0 Å². The van der Waals surface area contributed by atoms with Crippen LogP contribution in [-0.4, -0.2) is 67.2 Å². The Balaban J connectivity index is 1.55. The molecule has 178 valence electrons. The number of hydrogen-bond donors (Lipinski definition) is 1. The molecule has 10 heteroatoms. The van der Waals surface area contributed by atoms with Crippen LogP contribution in [0.2, 0.25) is 0 Å². The third-order valence-electron chi connectivity index (χ3n) is 6.28. The summed E-state index contributed by atoms with van der Waals surface area (Å²) in [6.07, 6.45) is 3.87. The Morgan fingerprint density at radius 1 is 1.03 bits per heavy atom. The quantitative estimate of drug-likeness (QED) is 0.471. The minimum absolute atomic E-state index is 0.273. The van der Waals surface area contributed by atoms with Crippen LogP contribution in [0.5, 0.6) is 0 Å². The highest BCUT2D eigenvalue weighted by Gasteiger charge is 2.20. The highest BCUT2D eigenvalue weighted by atomic mass is 19.1. The zero-order chi connectivity index (χ0) is 23.8. The van der Waals surface area contributed by atoms with Crippen molar-refractivity contribution in [3.05, 3.63) is 70.9 Å². The Kier molecular flexibility index (Phi) is 6.01. The van der Waals surface area contributed by atoms with E-state index in [2.05, 4.69) is 27.1 Å². The molecule has 3 aromatic heterocycles. The lowest BCUT2D eigenvalue weighted by Gasteiger charge is -2.32. The number of anilines is 2. The van der Waals surface area contributed by atoms with Gasteiger partial charge in [0.25, 0.3) is 0 Å². The molecule has 8 nitrogen and oxygen atoms in total. The summed E-state index contributed by atoms with van der Waals surface area (Å²) in [5.74, 6) is 0.176. The molecule has 1 saturated heterocycles. The van der Waals surface area contributed by atoms with Crippen molar-refractivity contribution >= 4 is 17.3 Å². The minimum Gasteiger partial charge on any atom is -0.338 e. The molecule has 1 aliphatic rings. The van der Waals surface area contributed by atoms with E-state index in [9.17, 15) is 8.78 Å². The number of benzene rings is 1. The van der Waals surface area contributed by atoms with Crippen molar-refractivity contribution in [1.82, 2.24) is 33.9 Å². The summed E-state index contributed by atoms with van der Waals surface area (Å²) >= 11 is 0. The molecule has 0 bridgehead atoms. The smallest absolute Gasteiger partial charge is 0.161 e. The highest BCUT2D eigenvalue weighted by Crippen LogP contribution is 2.25. The largest absolute Gasteiger partial charge is 0.338 e. The molecule has 0 atom stereocenters. The highest BCUT2D eigenvalue weighted by molar-refractivity contribution is 5.60. The first kappa shape index (κ1) is 22.4. The van der Waals surface area contributed by atoms with Crippen LogP contribution in [0.15, 0.2) is 36.8 Å². The first-order valence-electron chi connectivity index (χ1n) is 11.3. The summed E-state index contributed by atoms with van der Waals surface area (Å²) in [5.41, 5.74) is 3.64. The van der Waals surface area contributed by atoms with Crippen LogP contribution in [0, 0.1) is 18.6 Å². The van der Waals surface area contributed by atoms with E-state index in [4.69, 9.17) is 10.1 Å². The molecule has 0 unspecified atom stereocenters. The maximum absolute atomic E-state index is 14.4. The van der Waals surface area contributed by atoms with Crippen LogP contribution in [0.3, 0.4) is 0 Å². The molecule has 4 heterocycles. The van der Waals surface area contributed by atoms with Gasteiger partial charge in [-0.1, -0.05) is 6.07 Å². The van der Waals surface area contributed by atoms with Crippen LogP contribution in [0.25, 0.3) is 5.65 Å². The van der Waals surface area contributed by atoms with Gasteiger partial charge in [0.15, 0.2) is 5.65 Å². The van der Waals surface area contributed by atoms with Crippen LogP contribution >= 0.6 is 0 Å². The summed E-state index contributed by atoms with van der Waals surface area (Å²) in [4.78, 5) is 13.9. The lowest BCUT2D eigenvalue weighted by Crippen LogP contribution is -2.44. The summed E-state index contributed by atoms with van der Waals surface area (Å²) < 4.78 is 31.6. The maximum atomic E-state index is 14.4. The zero-order valence-electron chi connectivity index (χ0n) is 19.6. The van der Waals surface area contributed by atoms with Gasteiger partial charge in [0.1, 0.15) is 23.3 Å². The molecule has 1 N–H and O–H groups in total. The van der Waals surface area contributed by atoms with Crippen LogP contribution in [0.4, 0.5) is 20.4 Å². The molecular weight excluding hydrogens is 438 g/mol. The van der Waals surface area contributed by atoms with E-state index >= 15 is 0 Å². The van der Waals surface area contributed by atoms with Gasteiger partial charge < -0.3 is 14.8 Å². The Hall–Kier alpha value is -3.37. The van der Waals surface area contributed by atoms with Gasteiger partial charge in [0, 0.05) is 70.1 Å². The van der Waals surface area contributed by atoms with Crippen molar-refractivity contribution in [3.63, 3.8) is 0 Å². The van der Waals surface area contributed by atoms with Gasteiger partial charge in [0.05, 0.1) is 17.7 Å². The number of aryl methyl sites for hydroxylation is 2. The van der Waals surface area contributed by atoms with Gasteiger partial charge in [-0.2, -0.15) is 5.10 Å². The molecule has 0 radical (unpaired) electrons. The first-order chi connectivity index (χ1) is 16.4. The molecule has 34 heavy (non-hydrogen) atoms. The predicted molar refractivity (Wildman–Crippen MR) is 126 cm³/mol. The average molecular weight is 467 g/mol. The summed E-state index contributed by atoms with van der Waals surface area (Å²) in [5, 5.41) is 8.05. The molecule has 4 aromatic rings. The number of imidazole rings is 1. The number of nitrogens with one attached hydrogen (secondary N) is 1. The number of hydrogen-bond acceptors (Lipinski definition) is 6. The second-order valence-electron chi connectivity index (χ2n) is 8.97. The van der Waals surface area contributed by atoms with Crippen molar-refractivity contribution < 1.29 is 8.78 Å². The fourth-order valence-corrected chi connectivity index (χ4v) is 4.31. The summed E-state index contributed by atoms with van der Waals surface area (Å²) in [6.45, 7) is 6.58. The first-order valence-corrected chi connectivity index (χ1v) is 11.3. The second-order valence-corrected chi connectivity index (χ2v) is 8.97. The van der Waals surface area contributed by atoms with Crippen molar-refractivity contribution in [2.45, 2.75) is 19.9 Å². The standard InChI is InChI=1S/C24H28F2N8/c1-16-20(10-17-4-5-18(25)11-21(17)26)24-29-22(28-23-14-32(3)15-27-23)12-19(34(24)30-16)13-33-8-6-31(2)7-9-33/h4-5,11-12,14-15H,6-10,13H2,1-3H3,(H,28,29). The van der Waals surface area contributed by atoms with Crippen molar-refractivity contribution in [1.29, 1.82) is 0 Å². The molecule has 0 amide bonds. The molecule has 5 rings (SSSR count). The van der Waals surface area contributed by atoms with Crippen molar-refractivity contribution in [2.75, 3.05) is 38.5 Å². The third-order valence-corrected chi connectivity index (χ3v) is 6.28. The number of nitrogens with zero attached hydrogens (tertiary/aromatic N) is 7. The molecule has 0 aliphatic carbocycles. The fraction of sp³-hybridized carbons (Fsp3) is 0.375. The lowest BCUT2D eigenvalue weighted by atomic mass is 10.0. The summed E-state index contributed by atoms with van der Waals surface area (Å²) in [6, 6.07) is 5.67. The number of aromatic nitrogens is 5. The third kappa shape index (κ3) is 4.64. The summed E-state index contributed by atoms with van der Waals surface area (Å²) in [7, 11) is 4.04. The second kappa shape index (κ2) is 9.11. The van der Waals surface area contributed by atoms with Gasteiger partial charge in [-0.15, -0.1) is 0 Å². The topological polar surface area (TPSA) is 66.5 Å². The van der Waals surface area contributed by atoms with Crippen LogP contribution in [0.1, 0.15) is 22.5 Å². The molecule has 0 spiro atoms. The molecular formula is C24H28F2N8. The van der Waals surface area contributed by atoms with E-state index in [0.717, 1.165) is 55.7 Å². The Morgan fingerprint density at radius 2 is 1.82 bits per heavy atom.